The van der Waals surface area contributed by atoms with Crippen molar-refractivity contribution in [2.24, 2.45) is 0 Å². The number of nitrogens with one attached hydrogen (secondary N) is 1. The van der Waals surface area contributed by atoms with E-state index in [1.54, 1.807) is 11.3 Å². The van der Waals surface area contributed by atoms with Crippen LogP contribution in [0.2, 0.25) is 0 Å². The first-order chi connectivity index (χ1) is 11.7. The summed E-state index contributed by atoms with van der Waals surface area (Å²) in [6.07, 6.45) is 0.894. The van der Waals surface area contributed by atoms with Gasteiger partial charge in [-0.3, -0.25) is 4.79 Å². The van der Waals surface area contributed by atoms with Crippen molar-refractivity contribution in [1.82, 2.24) is 10.2 Å². The zero-order valence-corrected chi connectivity index (χ0v) is 15.2. The van der Waals surface area contributed by atoms with Crippen molar-refractivity contribution in [1.29, 1.82) is 0 Å². The number of carbonyl (C=O) groups is 1. The largest absolute Gasteiger partial charge is 0.369 e. The highest BCUT2D eigenvalue weighted by molar-refractivity contribution is 7.10. The highest BCUT2D eigenvalue weighted by Crippen LogP contribution is 2.23. The molecule has 1 saturated heterocycles. The molecule has 0 radical (unpaired) electrons. The van der Waals surface area contributed by atoms with Gasteiger partial charge in [-0.15, -0.1) is 11.3 Å². The Hall–Kier alpha value is -1.85. The molecule has 1 aliphatic rings. The molecule has 3 rings (SSSR count). The van der Waals surface area contributed by atoms with Gasteiger partial charge < -0.3 is 15.1 Å². The van der Waals surface area contributed by atoms with Gasteiger partial charge in [-0.2, -0.15) is 0 Å². The van der Waals surface area contributed by atoms with Crippen LogP contribution >= 0.6 is 11.3 Å². The summed E-state index contributed by atoms with van der Waals surface area (Å²) in [5.74, 6) is 0.000164. The topological polar surface area (TPSA) is 35.6 Å². The molecule has 1 fully saturated rings. The first kappa shape index (κ1) is 17.0. The van der Waals surface area contributed by atoms with E-state index in [9.17, 15) is 4.79 Å². The molecule has 1 aromatic heterocycles. The zero-order chi connectivity index (χ0) is 16.9. The molecule has 0 spiro atoms. The van der Waals surface area contributed by atoms with Crippen molar-refractivity contribution in [2.75, 3.05) is 38.1 Å². The fraction of sp³-hybridized carbons (Fsp3) is 0.421. The number of anilines is 1. The summed E-state index contributed by atoms with van der Waals surface area (Å²) < 4.78 is 0. The summed E-state index contributed by atoms with van der Waals surface area (Å²) in [4.78, 5) is 18.4. The Balaban J connectivity index is 1.63. The lowest BCUT2D eigenvalue weighted by atomic mass is 10.1. The minimum absolute atomic E-state index is 0.000164. The van der Waals surface area contributed by atoms with Gasteiger partial charge in [0.05, 0.1) is 6.04 Å². The predicted molar refractivity (Wildman–Crippen MR) is 101 cm³/mol. The molecule has 0 bridgehead atoms. The van der Waals surface area contributed by atoms with Crippen molar-refractivity contribution < 1.29 is 4.79 Å². The second kappa shape index (κ2) is 7.81. The predicted octanol–water partition coefficient (Wildman–Crippen LogP) is 3.38. The average Bonchev–Trinajstić information content (AvgIpc) is 3.15. The molecule has 24 heavy (non-hydrogen) atoms. The summed E-state index contributed by atoms with van der Waals surface area (Å²) in [6.45, 7) is 6.35. The van der Waals surface area contributed by atoms with Crippen LogP contribution in [0.5, 0.6) is 0 Å². The molecular formula is C19H25N3OS. The number of benzene rings is 1. The molecule has 0 aliphatic carbocycles. The molecule has 2 heterocycles. The van der Waals surface area contributed by atoms with Gasteiger partial charge in [0, 0.05) is 42.3 Å². The maximum atomic E-state index is 12.5. The van der Waals surface area contributed by atoms with Crippen LogP contribution in [0, 0.1) is 0 Å². The summed E-state index contributed by atoms with van der Waals surface area (Å²) in [5, 5.41) is 5.19. The van der Waals surface area contributed by atoms with E-state index in [2.05, 4.69) is 52.7 Å². The third kappa shape index (κ3) is 3.97. The number of rotatable bonds is 5. The monoisotopic (exact) mass is 343 g/mol. The number of hydrogen-bond donors (Lipinski definition) is 1. The minimum Gasteiger partial charge on any atom is -0.369 e. The summed E-state index contributed by atoms with van der Waals surface area (Å²) in [6, 6.07) is 12.2. The normalized spacial score (nSPS) is 16.8. The van der Waals surface area contributed by atoms with Gasteiger partial charge in [-0.25, -0.2) is 0 Å². The van der Waals surface area contributed by atoms with Crippen LogP contribution in [0.4, 0.5) is 5.69 Å². The fourth-order valence-corrected chi connectivity index (χ4v) is 3.86. The van der Waals surface area contributed by atoms with Gasteiger partial charge in [0.1, 0.15) is 0 Å². The quantitative estimate of drug-likeness (QED) is 0.904. The number of hydrogen-bond acceptors (Lipinski definition) is 4. The Labute approximate surface area is 148 Å². The summed E-state index contributed by atoms with van der Waals surface area (Å²) >= 11 is 1.69. The van der Waals surface area contributed by atoms with Crippen molar-refractivity contribution in [2.45, 2.75) is 19.4 Å². The molecule has 1 aliphatic heterocycles. The van der Waals surface area contributed by atoms with Crippen LogP contribution in [-0.2, 0) is 0 Å². The number of nitrogens with zero attached hydrogens (tertiary/aromatic N) is 2. The zero-order valence-electron chi connectivity index (χ0n) is 14.4. The maximum Gasteiger partial charge on any atom is 0.251 e. The van der Waals surface area contributed by atoms with Gasteiger partial charge in [0.25, 0.3) is 5.91 Å². The van der Waals surface area contributed by atoms with Crippen molar-refractivity contribution >= 4 is 22.9 Å². The lowest BCUT2D eigenvalue weighted by Gasteiger charge is -2.34. The third-order valence-electron chi connectivity index (χ3n) is 4.60. The van der Waals surface area contributed by atoms with E-state index in [4.69, 9.17) is 0 Å². The molecule has 5 heteroatoms. The maximum absolute atomic E-state index is 12.5. The molecular weight excluding hydrogens is 318 g/mol. The van der Waals surface area contributed by atoms with E-state index in [0.717, 1.165) is 38.2 Å². The molecule has 2 aromatic rings. The molecule has 1 N–H and O–H groups in total. The van der Waals surface area contributed by atoms with Crippen LogP contribution in [0.25, 0.3) is 0 Å². The van der Waals surface area contributed by atoms with Gasteiger partial charge in [0.2, 0.25) is 0 Å². The summed E-state index contributed by atoms with van der Waals surface area (Å²) in [5.41, 5.74) is 1.92. The summed E-state index contributed by atoms with van der Waals surface area (Å²) in [7, 11) is 2.16. The SMILES string of the molecule is CCC(NC(=O)c1ccc(N2CCN(C)CC2)cc1)c1cccs1. The molecule has 0 saturated carbocycles. The Kier molecular flexibility index (Phi) is 5.53. The van der Waals surface area contributed by atoms with Crippen molar-refractivity contribution in [3.63, 3.8) is 0 Å². The molecule has 1 aromatic carbocycles. The van der Waals surface area contributed by atoms with Crippen LogP contribution in [0.15, 0.2) is 41.8 Å². The highest BCUT2D eigenvalue weighted by atomic mass is 32.1. The highest BCUT2D eigenvalue weighted by Gasteiger charge is 2.17. The van der Waals surface area contributed by atoms with E-state index < -0.39 is 0 Å². The van der Waals surface area contributed by atoms with Gasteiger partial charge in [-0.1, -0.05) is 13.0 Å². The Morgan fingerprint density at radius 1 is 1.17 bits per heavy atom. The van der Waals surface area contributed by atoms with E-state index in [1.165, 1.54) is 10.6 Å². The van der Waals surface area contributed by atoms with Crippen LogP contribution < -0.4 is 10.2 Å². The number of amides is 1. The lowest BCUT2D eigenvalue weighted by molar-refractivity contribution is 0.0936. The number of thiophene rings is 1. The molecule has 128 valence electrons. The van der Waals surface area contributed by atoms with Crippen molar-refractivity contribution in [3.8, 4) is 0 Å². The second-order valence-corrected chi connectivity index (χ2v) is 7.27. The molecule has 4 nitrogen and oxygen atoms in total. The Morgan fingerprint density at radius 3 is 2.46 bits per heavy atom. The van der Waals surface area contributed by atoms with Gasteiger partial charge >= 0.3 is 0 Å². The van der Waals surface area contributed by atoms with E-state index in [1.807, 2.05) is 18.2 Å². The second-order valence-electron chi connectivity index (χ2n) is 6.29. The Bertz CT molecular complexity index is 646. The van der Waals surface area contributed by atoms with E-state index in [0.29, 0.717) is 0 Å². The molecule has 1 amide bonds. The van der Waals surface area contributed by atoms with Gasteiger partial charge in [0.15, 0.2) is 0 Å². The standard InChI is InChI=1S/C19H25N3OS/c1-3-17(18-5-4-14-24-18)20-19(23)15-6-8-16(9-7-15)22-12-10-21(2)11-13-22/h4-9,14,17H,3,10-13H2,1-2H3,(H,20,23). The van der Waals surface area contributed by atoms with Crippen molar-refractivity contribution in [3.05, 3.63) is 52.2 Å². The van der Waals surface area contributed by atoms with Crippen LogP contribution in [0.1, 0.15) is 34.6 Å². The molecule has 1 atom stereocenters. The van der Waals surface area contributed by atoms with Gasteiger partial charge in [-0.05, 0) is 49.2 Å². The Morgan fingerprint density at radius 2 is 1.88 bits per heavy atom. The smallest absolute Gasteiger partial charge is 0.251 e. The fourth-order valence-electron chi connectivity index (χ4n) is 2.99. The van der Waals surface area contributed by atoms with E-state index in [-0.39, 0.29) is 11.9 Å². The minimum atomic E-state index is 0.000164. The first-order valence-corrected chi connectivity index (χ1v) is 9.43. The number of carbonyl (C=O) groups excluding carboxylic acids is 1. The van der Waals surface area contributed by atoms with E-state index >= 15 is 0 Å². The van der Waals surface area contributed by atoms with Crippen LogP contribution in [-0.4, -0.2) is 44.0 Å². The molecule has 1 unspecified atom stereocenters. The van der Waals surface area contributed by atoms with Crippen LogP contribution in [0.3, 0.4) is 0 Å². The number of likely N-dealkylation sites (N-methyl/N-ethyl adjacent to an activating group) is 1. The average molecular weight is 343 g/mol. The lowest BCUT2D eigenvalue weighted by Crippen LogP contribution is -2.44. The number of piperazine rings is 1. The first-order valence-electron chi connectivity index (χ1n) is 8.55. The third-order valence-corrected chi connectivity index (χ3v) is 5.58.